The topological polar surface area (TPSA) is 47.0 Å². The smallest absolute Gasteiger partial charge is 0.132 e. The highest BCUT2D eigenvalue weighted by molar-refractivity contribution is 5.46. The molecule has 1 aliphatic carbocycles. The molecule has 0 saturated heterocycles. The third-order valence-corrected chi connectivity index (χ3v) is 3.53. The number of fused-ring (bicyclic) bond motifs is 1. The monoisotopic (exact) mass is 269 g/mol. The number of rotatable bonds is 5. The zero-order valence-corrected chi connectivity index (χ0v) is 11.5. The van der Waals surface area contributed by atoms with Gasteiger partial charge < -0.3 is 10.1 Å². The van der Waals surface area contributed by atoms with E-state index in [1.54, 1.807) is 6.33 Å². The number of nitrogens with zero attached hydrogens (tertiary/aromatic N) is 2. The summed E-state index contributed by atoms with van der Waals surface area (Å²) in [5.74, 6) is 1.88. The highest BCUT2D eigenvalue weighted by Gasteiger charge is 2.14. The number of anilines is 1. The highest BCUT2D eigenvalue weighted by Crippen LogP contribution is 2.24. The lowest BCUT2D eigenvalue weighted by molar-refractivity contribution is 0.332. The summed E-state index contributed by atoms with van der Waals surface area (Å²) in [6.45, 7) is 1.38. The van der Waals surface area contributed by atoms with Crippen molar-refractivity contribution in [3.05, 3.63) is 47.9 Å². The van der Waals surface area contributed by atoms with Crippen LogP contribution in [0.3, 0.4) is 0 Å². The summed E-state index contributed by atoms with van der Waals surface area (Å²) >= 11 is 0. The lowest BCUT2D eigenvalue weighted by Crippen LogP contribution is -2.16. The van der Waals surface area contributed by atoms with Gasteiger partial charge in [-0.2, -0.15) is 0 Å². The van der Waals surface area contributed by atoms with E-state index < -0.39 is 0 Å². The molecule has 3 rings (SSSR count). The number of ether oxygens (including phenoxy) is 1. The molecule has 4 nitrogen and oxygen atoms in total. The van der Waals surface area contributed by atoms with Crippen LogP contribution in [-0.2, 0) is 12.8 Å². The zero-order chi connectivity index (χ0) is 13.6. The summed E-state index contributed by atoms with van der Waals surface area (Å²) in [5, 5.41) is 3.37. The van der Waals surface area contributed by atoms with Crippen molar-refractivity contribution in [1.82, 2.24) is 9.97 Å². The Morgan fingerprint density at radius 3 is 2.80 bits per heavy atom. The average molecular weight is 269 g/mol. The van der Waals surface area contributed by atoms with Crippen LogP contribution in [0.5, 0.6) is 5.75 Å². The quantitative estimate of drug-likeness (QED) is 0.848. The van der Waals surface area contributed by atoms with Crippen molar-refractivity contribution in [2.75, 3.05) is 18.5 Å². The summed E-state index contributed by atoms with van der Waals surface area (Å²) in [6, 6.07) is 9.87. The summed E-state index contributed by atoms with van der Waals surface area (Å²) in [6.07, 6.45) is 6.28. The van der Waals surface area contributed by atoms with E-state index in [0.29, 0.717) is 6.61 Å². The van der Waals surface area contributed by atoms with Crippen molar-refractivity contribution >= 4 is 5.82 Å². The number of aromatic nitrogens is 2. The average Bonchev–Trinajstić information content (AvgIpc) is 2.53. The Morgan fingerprint density at radius 2 is 1.90 bits per heavy atom. The molecule has 1 heterocycles. The second kappa shape index (κ2) is 6.37. The lowest BCUT2D eigenvalue weighted by atomic mass is 9.96. The van der Waals surface area contributed by atoms with Crippen molar-refractivity contribution < 1.29 is 4.74 Å². The second-order valence-corrected chi connectivity index (χ2v) is 4.94. The molecule has 0 bridgehead atoms. The van der Waals surface area contributed by atoms with Crippen molar-refractivity contribution in [2.24, 2.45) is 0 Å². The zero-order valence-electron chi connectivity index (χ0n) is 11.5. The number of benzene rings is 1. The molecule has 0 spiro atoms. The maximum Gasteiger partial charge on any atom is 0.132 e. The van der Waals surface area contributed by atoms with Gasteiger partial charge in [-0.15, -0.1) is 0 Å². The Kier molecular flexibility index (Phi) is 4.11. The van der Waals surface area contributed by atoms with Crippen LogP contribution in [-0.4, -0.2) is 23.1 Å². The third-order valence-electron chi connectivity index (χ3n) is 3.53. The van der Waals surface area contributed by atoms with Gasteiger partial charge in [-0.1, -0.05) is 18.2 Å². The molecule has 0 radical (unpaired) electrons. The van der Waals surface area contributed by atoms with Crippen LogP contribution < -0.4 is 10.1 Å². The Hall–Kier alpha value is -2.10. The largest absolute Gasteiger partial charge is 0.492 e. The summed E-state index contributed by atoms with van der Waals surface area (Å²) in [4.78, 5) is 8.73. The molecule has 1 aromatic heterocycles. The third kappa shape index (κ3) is 3.07. The maximum atomic E-state index is 5.67. The van der Waals surface area contributed by atoms with E-state index in [2.05, 4.69) is 15.3 Å². The molecule has 4 heteroatoms. The van der Waals surface area contributed by atoms with Crippen molar-refractivity contribution in [2.45, 2.75) is 25.7 Å². The number of nitrogens with one attached hydrogen (secondary N) is 1. The minimum atomic E-state index is 0.628. The van der Waals surface area contributed by atoms with Gasteiger partial charge in [0.05, 0.1) is 6.54 Å². The molecule has 1 N–H and O–H groups in total. The molecule has 0 amide bonds. The fourth-order valence-electron chi connectivity index (χ4n) is 2.53. The van der Waals surface area contributed by atoms with Crippen LogP contribution in [0, 0.1) is 0 Å². The standard InChI is InChI=1S/C16H19N3O/c1-2-6-13(7-3-1)20-11-10-17-16-14-8-4-5-9-15(14)18-12-19-16/h1-3,6-7,12H,4-5,8-11H2,(H,17,18,19). The first-order valence-electron chi connectivity index (χ1n) is 7.18. The van der Waals surface area contributed by atoms with Gasteiger partial charge in [-0.3, -0.25) is 0 Å². The van der Waals surface area contributed by atoms with Crippen LogP contribution in [0.1, 0.15) is 24.1 Å². The molecule has 0 atom stereocenters. The van der Waals surface area contributed by atoms with Crippen molar-refractivity contribution in [1.29, 1.82) is 0 Å². The molecule has 0 fully saturated rings. The van der Waals surface area contributed by atoms with E-state index in [-0.39, 0.29) is 0 Å². The van der Waals surface area contributed by atoms with Gasteiger partial charge in [0, 0.05) is 11.3 Å². The molecule has 0 unspecified atom stereocenters. The van der Waals surface area contributed by atoms with Crippen molar-refractivity contribution in [3.63, 3.8) is 0 Å². The number of para-hydroxylation sites is 1. The fraction of sp³-hybridized carbons (Fsp3) is 0.375. The maximum absolute atomic E-state index is 5.67. The molecule has 0 aliphatic heterocycles. The lowest BCUT2D eigenvalue weighted by Gasteiger charge is -2.18. The van der Waals surface area contributed by atoms with Gasteiger partial charge in [0.25, 0.3) is 0 Å². The fourth-order valence-corrected chi connectivity index (χ4v) is 2.53. The van der Waals surface area contributed by atoms with E-state index in [1.807, 2.05) is 30.3 Å². The van der Waals surface area contributed by atoms with E-state index in [9.17, 15) is 0 Å². The Labute approximate surface area is 119 Å². The van der Waals surface area contributed by atoms with Gasteiger partial charge in [-0.05, 0) is 37.8 Å². The first-order valence-corrected chi connectivity index (χ1v) is 7.18. The predicted molar refractivity (Wildman–Crippen MR) is 79.1 cm³/mol. The molecular formula is C16H19N3O. The van der Waals surface area contributed by atoms with E-state index in [1.165, 1.54) is 24.1 Å². The van der Waals surface area contributed by atoms with E-state index in [4.69, 9.17) is 4.74 Å². The predicted octanol–water partition coefficient (Wildman–Crippen LogP) is 2.85. The van der Waals surface area contributed by atoms with Crippen LogP contribution in [0.15, 0.2) is 36.7 Å². The van der Waals surface area contributed by atoms with Crippen LogP contribution in [0.2, 0.25) is 0 Å². The first kappa shape index (κ1) is 12.9. The van der Waals surface area contributed by atoms with Crippen LogP contribution >= 0.6 is 0 Å². The Morgan fingerprint density at radius 1 is 1.05 bits per heavy atom. The molecule has 1 aromatic carbocycles. The normalized spacial score (nSPS) is 13.6. The SMILES string of the molecule is c1ccc(OCCNc2ncnc3c2CCCC3)cc1. The minimum absolute atomic E-state index is 0.628. The summed E-state index contributed by atoms with van der Waals surface area (Å²) in [5.41, 5.74) is 2.50. The van der Waals surface area contributed by atoms with E-state index in [0.717, 1.165) is 31.0 Å². The first-order chi connectivity index (χ1) is 9.93. The Balaban J connectivity index is 1.54. The number of hydrogen-bond donors (Lipinski definition) is 1. The number of hydrogen-bond acceptors (Lipinski definition) is 4. The van der Waals surface area contributed by atoms with Gasteiger partial charge in [0.15, 0.2) is 0 Å². The molecular weight excluding hydrogens is 250 g/mol. The van der Waals surface area contributed by atoms with Gasteiger partial charge in [0.2, 0.25) is 0 Å². The Bertz CT molecular complexity index is 557. The van der Waals surface area contributed by atoms with Gasteiger partial charge in [-0.25, -0.2) is 9.97 Å². The molecule has 20 heavy (non-hydrogen) atoms. The summed E-state index contributed by atoms with van der Waals surface area (Å²) < 4.78 is 5.67. The second-order valence-electron chi connectivity index (χ2n) is 4.94. The molecule has 104 valence electrons. The van der Waals surface area contributed by atoms with Gasteiger partial charge >= 0.3 is 0 Å². The molecule has 0 saturated carbocycles. The molecule has 2 aromatic rings. The highest BCUT2D eigenvalue weighted by atomic mass is 16.5. The summed E-state index contributed by atoms with van der Waals surface area (Å²) in [7, 11) is 0. The van der Waals surface area contributed by atoms with Gasteiger partial charge in [0.1, 0.15) is 24.5 Å². The van der Waals surface area contributed by atoms with Crippen molar-refractivity contribution in [3.8, 4) is 5.75 Å². The van der Waals surface area contributed by atoms with E-state index >= 15 is 0 Å². The van der Waals surface area contributed by atoms with Crippen LogP contribution in [0.4, 0.5) is 5.82 Å². The molecule has 1 aliphatic rings. The van der Waals surface area contributed by atoms with Crippen LogP contribution in [0.25, 0.3) is 0 Å². The minimum Gasteiger partial charge on any atom is -0.492 e. The number of aryl methyl sites for hydroxylation is 1.